The minimum absolute atomic E-state index is 0.00369. The third-order valence-corrected chi connectivity index (χ3v) is 11.7. The first kappa shape index (κ1) is 27.6. The maximum absolute atomic E-state index is 11.8. The molecular formula is C32H50O4. The van der Waals surface area contributed by atoms with Gasteiger partial charge in [0.2, 0.25) is 0 Å². The maximum Gasteiger partial charge on any atom is 0.302 e. The third kappa shape index (κ3) is 4.15. The highest BCUT2D eigenvalue weighted by Crippen LogP contribution is 2.71. The zero-order chi connectivity index (χ0) is 26.5. The van der Waals surface area contributed by atoms with Crippen LogP contribution in [0.1, 0.15) is 99.8 Å². The molecule has 0 aliphatic heterocycles. The van der Waals surface area contributed by atoms with Crippen LogP contribution in [0.15, 0.2) is 34.9 Å². The highest BCUT2D eigenvalue weighted by atomic mass is 16.5. The first-order valence-corrected chi connectivity index (χ1v) is 14.3. The monoisotopic (exact) mass is 498 g/mol. The number of esters is 1. The van der Waals surface area contributed by atoms with Gasteiger partial charge in [0.25, 0.3) is 0 Å². The van der Waals surface area contributed by atoms with Gasteiger partial charge in [0.05, 0.1) is 13.2 Å². The summed E-state index contributed by atoms with van der Waals surface area (Å²) in [7, 11) is 0. The number of aliphatic hydroxyl groups excluding tert-OH is 2. The van der Waals surface area contributed by atoms with Crippen molar-refractivity contribution in [1.29, 1.82) is 0 Å². The highest BCUT2D eigenvalue weighted by molar-refractivity contribution is 5.66. The van der Waals surface area contributed by atoms with Gasteiger partial charge in [-0.1, -0.05) is 59.8 Å². The zero-order valence-electron chi connectivity index (χ0n) is 23.8. The van der Waals surface area contributed by atoms with Crippen molar-refractivity contribution in [2.45, 2.75) is 106 Å². The van der Waals surface area contributed by atoms with E-state index in [9.17, 15) is 15.0 Å². The van der Waals surface area contributed by atoms with E-state index >= 15 is 0 Å². The molecule has 0 amide bonds. The van der Waals surface area contributed by atoms with Crippen molar-refractivity contribution in [3.63, 3.8) is 0 Å². The fourth-order valence-electron chi connectivity index (χ4n) is 9.27. The van der Waals surface area contributed by atoms with E-state index in [2.05, 4.69) is 53.7 Å². The zero-order valence-corrected chi connectivity index (χ0v) is 23.8. The number of fused-ring (bicyclic) bond motifs is 5. The molecule has 4 heteroatoms. The molecular weight excluding hydrogens is 448 g/mol. The molecule has 2 fully saturated rings. The van der Waals surface area contributed by atoms with Crippen LogP contribution in [0.3, 0.4) is 0 Å². The summed E-state index contributed by atoms with van der Waals surface area (Å²) in [5.74, 6) is 1.59. The SMILES string of the molecule is CC(=O)O[C@H]1CC[C@]2(C)C3=CC[C@]4(C)[C@@H]([C@H](C)CCC=C(CO)CO)CC[C@@]4(C)C3=CC[C@H]2C1(C)C. The van der Waals surface area contributed by atoms with Crippen molar-refractivity contribution in [2.75, 3.05) is 13.2 Å². The number of ether oxygens (including phenoxy) is 1. The van der Waals surface area contributed by atoms with E-state index in [0.717, 1.165) is 44.1 Å². The molecule has 0 aromatic heterocycles. The molecule has 0 aromatic rings. The standard InChI is InChI=1S/C32H50O4/c1-21(9-8-10-23(19-33)20-34)24-13-17-32(7)26-11-12-27-29(3,4)28(36-22(2)35)15-16-30(27,5)25(26)14-18-31(24,32)6/h10-11,14,21,24,27-28,33-34H,8-9,12-13,15-20H2,1-7H3/t21-,24-,27+,28+,30-,31-,32+/m1/s1. The van der Waals surface area contributed by atoms with Crippen LogP contribution in [0, 0.1) is 39.4 Å². The van der Waals surface area contributed by atoms with E-state index < -0.39 is 0 Å². The van der Waals surface area contributed by atoms with Crippen LogP contribution in [-0.4, -0.2) is 35.5 Å². The topological polar surface area (TPSA) is 66.8 Å². The third-order valence-electron chi connectivity index (χ3n) is 11.7. The van der Waals surface area contributed by atoms with Gasteiger partial charge in [-0.05, 0) is 102 Å². The summed E-state index contributed by atoms with van der Waals surface area (Å²) >= 11 is 0. The second kappa shape index (κ2) is 9.73. The van der Waals surface area contributed by atoms with Crippen LogP contribution in [0.4, 0.5) is 0 Å². The van der Waals surface area contributed by atoms with Gasteiger partial charge in [-0.15, -0.1) is 0 Å². The number of rotatable bonds is 7. The smallest absolute Gasteiger partial charge is 0.302 e. The van der Waals surface area contributed by atoms with Crippen LogP contribution in [0.2, 0.25) is 0 Å². The quantitative estimate of drug-likeness (QED) is 0.300. The summed E-state index contributed by atoms with van der Waals surface area (Å²) in [5, 5.41) is 18.7. The van der Waals surface area contributed by atoms with Crippen molar-refractivity contribution in [1.82, 2.24) is 0 Å². The molecule has 202 valence electrons. The lowest BCUT2D eigenvalue weighted by Crippen LogP contribution is -2.55. The number of hydrogen-bond donors (Lipinski definition) is 2. The Balaban J connectivity index is 1.60. The first-order chi connectivity index (χ1) is 16.8. The molecule has 4 aliphatic carbocycles. The van der Waals surface area contributed by atoms with Crippen LogP contribution in [0.5, 0.6) is 0 Å². The van der Waals surface area contributed by atoms with Crippen molar-refractivity contribution in [3.05, 3.63) is 34.9 Å². The number of carbonyl (C=O) groups is 1. The van der Waals surface area contributed by atoms with Crippen LogP contribution in [-0.2, 0) is 9.53 Å². The van der Waals surface area contributed by atoms with Crippen LogP contribution < -0.4 is 0 Å². The Kier molecular flexibility index (Phi) is 7.47. The van der Waals surface area contributed by atoms with Gasteiger partial charge >= 0.3 is 5.97 Å². The summed E-state index contributed by atoms with van der Waals surface area (Å²) in [5.41, 5.74) is 4.47. The van der Waals surface area contributed by atoms with E-state index in [1.165, 1.54) is 12.8 Å². The summed E-state index contributed by atoms with van der Waals surface area (Å²) < 4.78 is 5.83. The maximum atomic E-state index is 11.8. The Morgan fingerprint density at radius 1 is 1.08 bits per heavy atom. The van der Waals surface area contributed by atoms with Crippen LogP contribution in [0.25, 0.3) is 0 Å². The van der Waals surface area contributed by atoms with E-state index in [1.54, 1.807) is 18.1 Å². The van der Waals surface area contributed by atoms with E-state index in [-0.39, 0.29) is 46.9 Å². The van der Waals surface area contributed by atoms with Crippen molar-refractivity contribution in [2.24, 2.45) is 39.4 Å². The molecule has 4 rings (SSSR count). The lowest BCUT2D eigenvalue weighted by Gasteiger charge is -2.61. The van der Waals surface area contributed by atoms with E-state index in [4.69, 9.17) is 4.74 Å². The van der Waals surface area contributed by atoms with Gasteiger partial charge < -0.3 is 14.9 Å². The Morgan fingerprint density at radius 3 is 2.42 bits per heavy atom. The first-order valence-electron chi connectivity index (χ1n) is 14.3. The van der Waals surface area contributed by atoms with Crippen LogP contribution >= 0.6 is 0 Å². The molecule has 0 spiro atoms. The second-order valence-corrected chi connectivity index (χ2v) is 13.7. The normalized spacial score (nSPS) is 39.6. The average Bonchev–Trinajstić information content (AvgIpc) is 3.10. The van der Waals surface area contributed by atoms with Crippen molar-refractivity contribution in [3.8, 4) is 0 Å². The lowest BCUT2D eigenvalue weighted by molar-refractivity contribution is -0.165. The van der Waals surface area contributed by atoms with Gasteiger partial charge in [0.1, 0.15) is 6.10 Å². The van der Waals surface area contributed by atoms with Gasteiger partial charge in [0, 0.05) is 12.3 Å². The van der Waals surface area contributed by atoms with Gasteiger partial charge in [-0.3, -0.25) is 4.79 Å². The minimum atomic E-state index is -0.158. The van der Waals surface area contributed by atoms with Gasteiger partial charge in [-0.25, -0.2) is 0 Å². The van der Waals surface area contributed by atoms with Gasteiger partial charge in [0.15, 0.2) is 0 Å². The Hall–Kier alpha value is -1.39. The molecule has 7 atom stereocenters. The molecule has 4 aliphatic rings. The van der Waals surface area contributed by atoms with Gasteiger partial charge in [-0.2, -0.15) is 0 Å². The Labute approximate surface area is 219 Å². The summed E-state index contributed by atoms with van der Waals surface area (Å²) in [6, 6.07) is 0. The van der Waals surface area contributed by atoms with Crippen molar-refractivity contribution >= 4 is 5.97 Å². The van der Waals surface area contributed by atoms with E-state index in [1.807, 2.05) is 6.08 Å². The highest BCUT2D eigenvalue weighted by Gasteiger charge is 2.63. The molecule has 2 N–H and O–H groups in total. The summed E-state index contributed by atoms with van der Waals surface area (Å²) in [4.78, 5) is 11.8. The average molecular weight is 499 g/mol. The summed E-state index contributed by atoms with van der Waals surface area (Å²) in [6.07, 6.45) is 16.0. The number of aliphatic hydroxyl groups is 2. The fraction of sp³-hybridized carbons (Fsp3) is 0.781. The number of allylic oxidation sites excluding steroid dienone is 5. The molecule has 2 saturated carbocycles. The molecule has 0 bridgehead atoms. The minimum Gasteiger partial charge on any atom is -0.462 e. The molecule has 4 nitrogen and oxygen atoms in total. The Bertz CT molecular complexity index is 951. The fourth-order valence-corrected chi connectivity index (χ4v) is 9.27. The predicted octanol–water partition coefficient (Wildman–Crippen LogP) is 6.77. The number of carbonyl (C=O) groups excluding carboxylic acids is 1. The largest absolute Gasteiger partial charge is 0.462 e. The lowest BCUT2D eigenvalue weighted by atomic mass is 9.44. The predicted molar refractivity (Wildman–Crippen MR) is 145 cm³/mol. The van der Waals surface area contributed by atoms with Crippen molar-refractivity contribution < 1.29 is 19.7 Å². The Morgan fingerprint density at radius 2 is 1.78 bits per heavy atom. The summed E-state index contributed by atoms with van der Waals surface area (Å²) in [6.45, 7) is 16.1. The molecule has 0 heterocycles. The second-order valence-electron chi connectivity index (χ2n) is 13.7. The molecule has 0 unspecified atom stereocenters. The molecule has 36 heavy (non-hydrogen) atoms. The molecule has 0 radical (unpaired) electrons. The molecule has 0 aromatic carbocycles. The number of hydrogen-bond acceptors (Lipinski definition) is 4. The van der Waals surface area contributed by atoms with E-state index in [0.29, 0.717) is 17.8 Å². The molecule has 0 saturated heterocycles.